The molecule has 0 aromatic rings. The monoisotopic (exact) mass is 569 g/mol. The summed E-state index contributed by atoms with van der Waals surface area (Å²) in [6, 6.07) is -0.674. The summed E-state index contributed by atoms with van der Waals surface area (Å²) in [6.45, 7) is 15.5. The second-order valence-corrected chi connectivity index (χ2v) is 12.8. The average molecular weight is 571 g/mol. The molecule has 3 unspecified atom stereocenters. The van der Waals surface area contributed by atoms with Gasteiger partial charge in [0.25, 0.3) is 0 Å². The Balaban J connectivity index is 2.05. The zero-order chi connectivity index (χ0) is 25.9. The number of likely N-dealkylation sites (tertiary alicyclic amines) is 1. The molecule has 0 aromatic carbocycles. The Bertz CT molecular complexity index is 839. The molecule has 1 N–H and O–H groups in total. The average Bonchev–Trinajstić information content (AvgIpc) is 3.40. The van der Waals surface area contributed by atoms with Crippen molar-refractivity contribution in [3.63, 3.8) is 0 Å². The van der Waals surface area contributed by atoms with E-state index < -0.39 is 22.6 Å². The first-order valence-corrected chi connectivity index (χ1v) is 14.5. The van der Waals surface area contributed by atoms with Gasteiger partial charge in [-0.05, 0) is 39.5 Å². The number of hydrogen-bond donors (Lipinski definition) is 1. The number of rotatable bonds is 13. The van der Waals surface area contributed by atoms with Crippen molar-refractivity contribution in [3.05, 3.63) is 25.3 Å². The second-order valence-electron chi connectivity index (χ2n) is 10.1. The van der Waals surface area contributed by atoms with E-state index in [9.17, 15) is 19.5 Å². The van der Waals surface area contributed by atoms with Crippen LogP contribution in [0.1, 0.15) is 46.5 Å². The molecule has 196 valence electrons. The quantitative estimate of drug-likeness (QED) is 0.209. The highest BCUT2D eigenvalue weighted by Gasteiger charge is 2.76. The number of thioether (sulfide) groups is 1. The Hall–Kier alpha value is -1.32. The van der Waals surface area contributed by atoms with Gasteiger partial charge in [0.15, 0.2) is 0 Å². The summed E-state index contributed by atoms with van der Waals surface area (Å²) in [4.78, 5) is 47.4. The second kappa shape index (κ2) is 11.8. The molecular weight excluding hydrogens is 530 g/mol. The molecule has 3 saturated heterocycles. The smallest absolute Gasteiger partial charge is 0.247 e. The predicted octanol–water partition coefficient (Wildman–Crippen LogP) is 3.07. The molecule has 3 fully saturated rings. The Morgan fingerprint density at radius 1 is 1.26 bits per heavy atom. The molecule has 0 saturated carbocycles. The maximum Gasteiger partial charge on any atom is 0.247 e. The molecule has 7 nitrogen and oxygen atoms in total. The lowest BCUT2D eigenvalue weighted by atomic mass is 9.70. The number of aliphatic hydroxyl groups excluding tert-OH is 1. The van der Waals surface area contributed by atoms with Gasteiger partial charge in [-0.25, -0.2) is 0 Å². The summed E-state index contributed by atoms with van der Waals surface area (Å²) < 4.78 is -0.646. The van der Waals surface area contributed by atoms with Crippen molar-refractivity contribution in [1.29, 1.82) is 0 Å². The van der Waals surface area contributed by atoms with Crippen LogP contribution < -0.4 is 0 Å². The van der Waals surface area contributed by atoms with Crippen LogP contribution in [-0.4, -0.2) is 97.2 Å². The van der Waals surface area contributed by atoms with E-state index in [2.05, 4.69) is 29.1 Å². The largest absolute Gasteiger partial charge is 0.396 e. The van der Waals surface area contributed by atoms with Crippen molar-refractivity contribution < 1.29 is 19.5 Å². The van der Waals surface area contributed by atoms with Crippen molar-refractivity contribution in [2.24, 2.45) is 11.8 Å². The number of hydrogen-bond acceptors (Lipinski definition) is 5. The van der Waals surface area contributed by atoms with E-state index in [1.54, 1.807) is 33.7 Å². The zero-order valence-corrected chi connectivity index (χ0v) is 23.6. The summed E-state index contributed by atoms with van der Waals surface area (Å²) in [7, 11) is 0. The van der Waals surface area contributed by atoms with Crippen LogP contribution in [0.25, 0.3) is 0 Å². The Labute approximate surface area is 222 Å². The molecular formula is C26H40BrN3O4S. The molecule has 1 spiro atoms. The van der Waals surface area contributed by atoms with Crippen molar-refractivity contribution in [3.8, 4) is 0 Å². The zero-order valence-electron chi connectivity index (χ0n) is 21.2. The van der Waals surface area contributed by atoms with Crippen LogP contribution in [0, 0.1) is 11.8 Å². The summed E-state index contributed by atoms with van der Waals surface area (Å²) in [5.74, 6) is -1.17. The number of carbonyl (C=O) groups excluding carboxylic acids is 3. The Kier molecular flexibility index (Phi) is 9.54. The fraction of sp³-hybridized carbons (Fsp3) is 0.731. The lowest BCUT2D eigenvalue weighted by molar-refractivity contribution is -0.145. The summed E-state index contributed by atoms with van der Waals surface area (Å²) in [6.07, 6.45) is 6.12. The molecule has 3 aliphatic rings. The van der Waals surface area contributed by atoms with Crippen LogP contribution in [0.4, 0.5) is 0 Å². The number of alkyl halides is 1. The van der Waals surface area contributed by atoms with Crippen molar-refractivity contribution in [1.82, 2.24) is 14.7 Å². The molecule has 3 amide bonds. The minimum atomic E-state index is -0.646. The highest BCUT2D eigenvalue weighted by molar-refractivity contribution is 9.09. The number of halogens is 1. The van der Waals surface area contributed by atoms with Crippen molar-refractivity contribution in [2.75, 3.05) is 32.8 Å². The molecule has 3 aliphatic heterocycles. The summed E-state index contributed by atoms with van der Waals surface area (Å²) in [5, 5.41) is 9.28. The molecule has 2 bridgehead atoms. The maximum absolute atomic E-state index is 14.1. The van der Waals surface area contributed by atoms with E-state index in [-0.39, 0.29) is 40.4 Å². The van der Waals surface area contributed by atoms with Gasteiger partial charge < -0.3 is 19.8 Å². The van der Waals surface area contributed by atoms with Crippen LogP contribution in [0.2, 0.25) is 0 Å². The first-order chi connectivity index (χ1) is 16.7. The van der Waals surface area contributed by atoms with Crippen LogP contribution in [0.5, 0.6) is 0 Å². The highest BCUT2D eigenvalue weighted by atomic mass is 79.9. The van der Waals surface area contributed by atoms with Crippen LogP contribution in [-0.2, 0) is 14.4 Å². The minimum Gasteiger partial charge on any atom is -0.396 e. The van der Waals surface area contributed by atoms with E-state index in [0.29, 0.717) is 45.4 Å². The fourth-order valence-electron chi connectivity index (χ4n) is 6.10. The Morgan fingerprint density at radius 3 is 2.51 bits per heavy atom. The van der Waals surface area contributed by atoms with Crippen molar-refractivity contribution >= 4 is 45.4 Å². The molecule has 0 radical (unpaired) electrons. The van der Waals surface area contributed by atoms with Gasteiger partial charge in [-0.3, -0.25) is 14.4 Å². The van der Waals surface area contributed by atoms with Crippen LogP contribution in [0.15, 0.2) is 25.3 Å². The third-order valence-electron chi connectivity index (χ3n) is 7.50. The number of amides is 3. The molecule has 0 aliphatic carbocycles. The summed E-state index contributed by atoms with van der Waals surface area (Å²) >= 11 is 5.50. The molecule has 6 atom stereocenters. The van der Waals surface area contributed by atoms with Gasteiger partial charge in [0, 0.05) is 48.9 Å². The van der Waals surface area contributed by atoms with E-state index >= 15 is 0 Å². The fourth-order valence-corrected chi connectivity index (χ4v) is 9.71. The van der Waals surface area contributed by atoms with Crippen LogP contribution >= 0.6 is 27.7 Å². The number of nitrogens with zero attached hydrogens (tertiary/aromatic N) is 3. The third-order valence-corrected chi connectivity index (χ3v) is 10.7. The SMILES string of the molecule is C=CCN(CCC)C(=O)[C@H]1[C@H]2C(=O)N(CCCCO)C(C(=O)N(CC=C)C(C)C)C23CC(Br)[C@@H]1S3. The van der Waals surface area contributed by atoms with E-state index in [1.165, 1.54) is 0 Å². The van der Waals surface area contributed by atoms with Gasteiger partial charge in [-0.1, -0.05) is 35.0 Å². The molecule has 0 aromatic heterocycles. The van der Waals surface area contributed by atoms with Crippen molar-refractivity contribution in [2.45, 2.75) is 73.4 Å². The lowest BCUT2D eigenvalue weighted by Gasteiger charge is -2.39. The van der Waals surface area contributed by atoms with Crippen LogP contribution in [0.3, 0.4) is 0 Å². The standard InChI is InChI=1S/C26H40BrN3O4S/c1-6-11-28(12-7-2)23(32)19-20-24(33)30(14-9-10-15-31)22(25(34)29(13-8-3)17(4)5)26(20)16-18(27)21(19)35-26/h6,8,17-22,31H,1,3,7,9-16H2,2,4-5H3/t18?,19-,20-,21-,22?,26?/m0/s1. The van der Waals surface area contributed by atoms with Gasteiger partial charge >= 0.3 is 0 Å². The van der Waals surface area contributed by atoms with Gasteiger partial charge in [-0.2, -0.15) is 0 Å². The minimum absolute atomic E-state index is 0.0103. The topological polar surface area (TPSA) is 81.2 Å². The van der Waals surface area contributed by atoms with Gasteiger partial charge in [0.05, 0.1) is 16.6 Å². The Morgan fingerprint density at radius 2 is 1.94 bits per heavy atom. The molecule has 3 rings (SSSR count). The van der Waals surface area contributed by atoms with E-state index in [1.807, 2.05) is 25.7 Å². The number of fused-ring (bicyclic) bond motifs is 1. The summed E-state index contributed by atoms with van der Waals surface area (Å²) in [5.41, 5.74) is 0. The first kappa shape index (κ1) is 28.3. The molecule has 3 heterocycles. The number of carbonyl (C=O) groups is 3. The normalized spacial score (nSPS) is 31.1. The van der Waals surface area contributed by atoms with Gasteiger partial charge in [0.2, 0.25) is 17.7 Å². The maximum atomic E-state index is 14.1. The number of aliphatic hydroxyl groups is 1. The molecule has 9 heteroatoms. The number of unbranched alkanes of at least 4 members (excludes halogenated alkanes) is 1. The highest BCUT2D eigenvalue weighted by Crippen LogP contribution is 2.68. The van der Waals surface area contributed by atoms with Gasteiger partial charge in [0.1, 0.15) is 6.04 Å². The van der Waals surface area contributed by atoms with E-state index in [4.69, 9.17) is 0 Å². The predicted molar refractivity (Wildman–Crippen MR) is 144 cm³/mol. The first-order valence-electron chi connectivity index (χ1n) is 12.7. The van der Waals surface area contributed by atoms with Gasteiger partial charge in [-0.15, -0.1) is 24.9 Å². The van der Waals surface area contributed by atoms with E-state index in [0.717, 1.165) is 6.42 Å². The third kappa shape index (κ3) is 4.97. The lowest BCUT2D eigenvalue weighted by Crippen LogP contribution is -2.57. The molecule has 35 heavy (non-hydrogen) atoms.